The second-order valence-corrected chi connectivity index (χ2v) is 5.85. The zero-order valence-electron chi connectivity index (χ0n) is 12.5. The number of hydrogen-bond donors (Lipinski definition) is 1. The Bertz CT molecular complexity index is 599. The van der Waals surface area contributed by atoms with Crippen molar-refractivity contribution in [2.24, 2.45) is 0 Å². The number of ether oxygens (including phenoxy) is 1. The molecule has 0 atom stereocenters. The standard InChI is InChI=1S/C18H20ClNO.ClH/c19-17-6-4-14(5-7-17)8-10-20-12-16-3-1-2-15-9-11-21-13-18(15)16;/h1-7,20H,8-13H2;1H. The van der Waals surface area contributed by atoms with Gasteiger partial charge in [0.15, 0.2) is 0 Å². The summed E-state index contributed by atoms with van der Waals surface area (Å²) in [5.41, 5.74) is 5.50. The number of benzene rings is 2. The predicted molar refractivity (Wildman–Crippen MR) is 93.9 cm³/mol. The van der Waals surface area contributed by atoms with Gasteiger partial charge in [-0.25, -0.2) is 0 Å². The Morgan fingerprint density at radius 3 is 2.73 bits per heavy atom. The highest BCUT2D eigenvalue weighted by molar-refractivity contribution is 6.30. The van der Waals surface area contributed by atoms with Crippen molar-refractivity contribution in [2.75, 3.05) is 13.2 Å². The highest BCUT2D eigenvalue weighted by Crippen LogP contribution is 2.20. The lowest BCUT2D eigenvalue weighted by molar-refractivity contribution is 0.110. The number of fused-ring (bicyclic) bond motifs is 1. The molecular weight excluding hydrogens is 317 g/mol. The summed E-state index contributed by atoms with van der Waals surface area (Å²) in [6.45, 7) is 3.47. The Hall–Kier alpha value is -1.06. The van der Waals surface area contributed by atoms with Crippen molar-refractivity contribution in [3.05, 3.63) is 69.7 Å². The van der Waals surface area contributed by atoms with Gasteiger partial charge in [0.1, 0.15) is 0 Å². The van der Waals surface area contributed by atoms with Crippen LogP contribution >= 0.6 is 24.0 Å². The highest BCUT2D eigenvalue weighted by atomic mass is 35.5. The first kappa shape index (κ1) is 17.3. The van der Waals surface area contributed by atoms with E-state index < -0.39 is 0 Å². The van der Waals surface area contributed by atoms with Gasteiger partial charge >= 0.3 is 0 Å². The molecule has 1 N–H and O–H groups in total. The molecule has 2 aromatic rings. The maximum absolute atomic E-state index is 5.89. The average Bonchev–Trinajstić information content (AvgIpc) is 2.53. The first-order valence-electron chi connectivity index (χ1n) is 7.45. The van der Waals surface area contributed by atoms with Gasteiger partial charge in [-0.05, 0) is 53.8 Å². The minimum absolute atomic E-state index is 0. The van der Waals surface area contributed by atoms with Crippen molar-refractivity contribution in [2.45, 2.75) is 26.0 Å². The van der Waals surface area contributed by atoms with Gasteiger partial charge in [0.25, 0.3) is 0 Å². The fraction of sp³-hybridized carbons (Fsp3) is 0.333. The molecule has 4 heteroatoms. The molecule has 0 aliphatic carbocycles. The van der Waals surface area contributed by atoms with Crippen molar-refractivity contribution >= 4 is 24.0 Å². The second kappa shape index (κ2) is 8.54. The molecule has 0 aromatic heterocycles. The highest BCUT2D eigenvalue weighted by Gasteiger charge is 2.12. The third-order valence-corrected chi connectivity index (χ3v) is 4.20. The average molecular weight is 338 g/mol. The molecule has 0 saturated heterocycles. The van der Waals surface area contributed by atoms with E-state index in [0.717, 1.165) is 44.2 Å². The first-order valence-corrected chi connectivity index (χ1v) is 7.83. The Balaban J connectivity index is 0.00000176. The Morgan fingerprint density at radius 1 is 1.09 bits per heavy atom. The summed E-state index contributed by atoms with van der Waals surface area (Å²) in [7, 11) is 0. The maximum Gasteiger partial charge on any atom is 0.0722 e. The monoisotopic (exact) mass is 337 g/mol. The molecule has 0 radical (unpaired) electrons. The Labute approximate surface area is 143 Å². The first-order chi connectivity index (χ1) is 10.3. The van der Waals surface area contributed by atoms with Crippen molar-refractivity contribution < 1.29 is 4.74 Å². The summed E-state index contributed by atoms with van der Waals surface area (Å²) >= 11 is 5.89. The van der Waals surface area contributed by atoms with Crippen LogP contribution in [0.25, 0.3) is 0 Å². The van der Waals surface area contributed by atoms with Crippen LogP contribution < -0.4 is 5.32 Å². The number of hydrogen-bond acceptors (Lipinski definition) is 2. The van der Waals surface area contributed by atoms with E-state index in [0.29, 0.717) is 0 Å². The number of nitrogens with one attached hydrogen (secondary N) is 1. The molecule has 1 heterocycles. The van der Waals surface area contributed by atoms with E-state index in [1.54, 1.807) is 0 Å². The van der Waals surface area contributed by atoms with E-state index in [1.165, 1.54) is 22.3 Å². The normalized spacial score (nSPS) is 13.3. The van der Waals surface area contributed by atoms with Crippen molar-refractivity contribution in [3.63, 3.8) is 0 Å². The smallest absolute Gasteiger partial charge is 0.0722 e. The summed E-state index contributed by atoms with van der Waals surface area (Å²) in [5, 5.41) is 4.32. The fourth-order valence-corrected chi connectivity index (χ4v) is 2.86. The van der Waals surface area contributed by atoms with Crippen molar-refractivity contribution in [1.29, 1.82) is 0 Å². The molecular formula is C18H21Cl2NO. The van der Waals surface area contributed by atoms with Gasteiger partial charge in [-0.3, -0.25) is 0 Å². The van der Waals surface area contributed by atoms with Crippen LogP contribution in [0.5, 0.6) is 0 Å². The topological polar surface area (TPSA) is 21.3 Å². The van der Waals surface area contributed by atoms with E-state index in [4.69, 9.17) is 16.3 Å². The molecule has 0 bridgehead atoms. The molecule has 1 aliphatic heterocycles. The largest absolute Gasteiger partial charge is 0.376 e. The summed E-state index contributed by atoms with van der Waals surface area (Å²) in [5.74, 6) is 0. The molecule has 0 saturated carbocycles. The molecule has 2 aromatic carbocycles. The van der Waals surface area contributed by atoms with E-state index >= 15 is 0 Å². The summed E-state index contributed by atoms with van der Waals surface area (Å²) in [6, 6.07) is 14.6. The van der Waals surface area contributed by atoms with Crippen LogP contribution in [0, 0.1) is 0 Å². The van der Waals surface area contributed by atoms with Gasteiger partial charge in [0.05, 0.1) is 13.2 Å². The molecule has 118 valence electrons. The molecule has 3 rings (SSSR count). The molecule has 2 nitrogen and oxygen atoms in total. The molecule has 1 aliphatic rings. The van der Waals surface area contributed by atoms with E-state index in [1.807, 2.05) is 12.1 Å². The number of rotatable bonds is 5. The van der Waals surface area contributed by atoms with Crippen molar-refractivity contribution in [1.82, 2.24) is 5.32 Å². The molecule has 0 spiro atoms. The molecule has 0 fully saturated rings. The fourth-order valence-electron chi connectivity index (χ4n) is 2.74. The summed E-state index contributed by atoms with van der Waals surface area (Å²) < 4.78 is 5.58. The van der Waals surface area contributed by atoms with Crippen LogP contribution in [-0.2, 0) is 30.7 Å². The third-order valence-electron chi connectivity index (χ3n) is 3.95. The summed E-state index contributed by atoms with van der Waals surface area (Å²) in [4.78, 5) is 0. The van der Waals surface area contributed by atoms with Crippen molar-refractivity contribution in [3.8, 4) is 0 Å². The summed E-state index contributed by atoms with van der Waals surface area (Å²) in [6.07, 6.45) is 2.05. The van der Waals surface area contributed by atoms with E-state index in [9.17, 15) is 0 Å². The minimum Gasteiger partial charge on any atom is -0.376 e. The van der Waals surface area contributed by atoms with Gasteiger partial charge in [-0.2, -0.15) is 0 Å². The van der Waals surface area contributed by atoms with Gasteiger partial charge in [0.2, 0.25) is 0 Å². The third kappa shape index (κ3) is 4.47. The van der Waals surface area contributed by atoms with E-state index in [-0.39, 0.29) is 12.4 Å². The minimum atomic E-state index is 0. The van der Waals surface area contributed by atoms with Crippen LogP contribution in [0.4, 0.5) is 0 Å². The lowest BCUT2D eigenvalue weighted by atomic mass is 9.98. The van der Waals surface area contributed by atoms with Crippen LogP contribution in [0.1, 0.15) is 22.3 Å². The lowest BCUT2D eigenvalue weighted by Gasteiger charge is -2.20. The molecule has 0 amide bonds. The predicted octanol–water partition coefficient (Wildman–Crippen LogP) is 4.17. The van der Waals surface area contributed by atoms with Crippen LogP contribution in [0.2, 0.25) is 5.02 Å². The molecule has 0 unspecified atom stereocenters. The zero-order valence-corrected chi connectivity index (χ0v) is 14.1. The van der Waals surface area contributed by atoms with Gasteiger partial charge in [0, 0.05) is 11.6 Å². The van der Waals surface area contributed by atoms with Gasteiger partial charge in [-0.1, -0.05) is 41.9 Å². The zero-order chi connectivity index (χ0) is 14.5. The lowest BCUT2D eigenvalue weighted by Crippen LogP contribution is -2.20. The van der Waals surface area contributed by atoms with Crippen LogP contribution in [-0.4, -0.2) is 13.2 Å². The molecule has 22 heavy (non-hydrogen) atoms. The second-order valence-electron chi connectivity index (χ2n) is 5.41. The SMILES string of the molecule is Cl.Clc1ccc(CCNCc2cccc3c2COCC3)cc1. The van der Waals surface area contributed by atoms with Crippen LogP contribution in [0.15, 0.2) is 42.5 Å². The Morgan fingerprint density at radius 2 is 1.91 bits per heavy atom. The maximum atomic E-state index is 5.89. The van der Waals surface area contributed by atoms with Gasteiger partial charge < -0.3 is 10.1 Å². The van der Waals surface area contributed by atoms with Gasteiger partial charge in [-0.15, -0.1) is 12.4 Å². The number of halogens is 2. The van der Waals surface area contributed by atoms with E-state index in [2.05, 4.69) is 35.6 Å². The Kier molecular flexibility index (Phi) is 6.71. The quantitative estimate of drug-likeness (QED) is 0.827. The van der Waals surface area contributed by atoms with Crippen LogP contribution in [0.3, 0.4) is 0 Å².